The van der Waals surface area contributed by atoms with E-state index >= 15 is 0 Å². The number of ketones is 1. The Bertz CT molecular complexity index is 637. The van der Waals surface area contributed by atoms with Gasteiger partial charge in [0.05, 0.1) is 17.2 Å². The largest absolute Gasteiger partial charge is 0.468 e. The highest BCUT2D eigenvalue weighted by Gasteiger charge is 2.27. The molecule has 0 aromatic carbocycles. The number of hydrogen-bond acceptors (Lipinski definition) is 5. The highest BCUT2D eigenvalue weighted by atomic mass is 16.6. The van der Waals surface area contributed by atoms with Crippen LogP contribution in [0.15, 0.2) is 27.2 Å². The summed E-state index contributed by atoms with van der Waals surface area (Å²) in [6, 6.07) is 2.74. The van der Waals surface area contributed by atoms with Crippen LogP contribution in [-0.4, -0.2) is 10.7 Å². The summed E-state index contributed by atoms with van der Waals surface area (Å²) in [6.45, 7) is 0. The van der Waals surface area contributed by atoms with Gasteiger partial charge in [-0.05, 0) is 12.5 Å². The number of nitro groups is 1. The molecule has 6 nitrogen and oxygen atoms in total. The molecule has 2 aromatic heterocycles. The zero-order valence-electron chi connectivity index (χ0n) is 9.34. The van der Waals surface area contributed by atoms with Crippen molar-refractivity contribution in [1.82, 2.24) is 0 Å². The molecule has 0 unspecified atom stereocenters. The van der Waals surface area contributed by atoms with Crippen LogP contribution in [0.25, 0.3) is 11.3 Å². The molecular weight excluding hydrogens is 238 g/mol. The van der Waals surface area contributed by atoms with Gasteiger partial charge in [0.2, 0.25) is 0 Å². The summed E-state index contributed by atoms with van der Waals surface area (Å²) in [7, 11) is 0. The summed E-state index contributed by atoms with van der Waals surface area (Å²) in [6.07, 6.45) is 3.39. The van der Waals surface area contributed by atoms with Crippen molar-refractivity contribution in [3.8, 4) is 11.3 Å². The molecule has 92 valence electrons. The fourth-order valence-corrected chi connectivity index (χ4v) is 2.17. The second-order valence-electron chi connectivity index (χ2n) is 4.12. The van der Waals surface area contributed by atoms with E-state index in [4.69, 9.17) is 8.83 Å². The van der Waals surface area contributed by atoms with Gasteiger partial charge in [-0.1, -0.05) is 0 Å². The first-order valence-electron chi connectivity index (χ1n) is 5.55. The van der Waals surface area contributed by atoms with E-state index in [0.29, 0.717) is 35.5 Å². The summed E-state index contributed by atoms with van der Waals surface area (Å²) in [5, 5.41) is 10.6. The molecule has 0 N–H and O–H groups in total. The Morgan fingerprint density at radius 3 is 2.83 bits per heavy atom. The summed E-state index contributed by atoms with van der Waals surface area (Å²) < 4.78 is 10.4. The lowest BCUT2D eigenvalue weighted by Crippen LogP contribution is -2.08. The van der Waals surface area contributed by atoms with Gasteiger partial charge >= 0.3 is 5.88 Å². The van der Waals surface area contributed by atoms with Gasteiger partial charge in [0, 0.05) is 12.8 Å². The topological polar surface area (TPSA) is 86.5 Å². The van der Waals surface area contributed by atoms with Gasteiger partial charge in [-0.3, -0.25) is 14.9 Å². The molecule has 2 aromatic rings. The fourth-order valence-electron chi connectivity index (χ4n) is 2.17. The second kappa shape index (κ2) is 3.83. The lowest BCUT2D eigenvalue weighted by molar-refractivity contribution is -0.401. The van der Waals surface area contributed by atoms with E-state index in [2.05, 4.69) is 0 Å². The van der Waals surface area contributed by atoms with Crippen molar-refractivity contribution in [2.45, 2.75) is 19.3 Å². The molecule has 0 bridgehead atoms. The Kier molecular flexibility index (Phi) is 2.29. The second-order valence-corrected chi connectivity index (χ2v) is 4.12. The molecular formula is C12H9NO5. The van der Waals surface area contributed by atoms with Crippen LogP contribution in [-0.2, 0) is 6.42 Å². The van der Waals surface area contributed by atoms with Crippen LogP contribution in [0.2, 0.25) is 0 Å². The van der Waals surface area contributed by atoms with E-state index in [1.54, 1.807) is 0 Å². The predicted molar refractivity (Wildman–Crippen MR) is 60.3 cm³/mol. The van der Waals surface area contributed by atoms with E-state index in [1.165, 1.54) is 18.4 Å². The fraction of sp³-hybridized carbons (Fsp3) is 0.250. The maximum atomic E-state index is 11.8. The number of fused-ring (bicyclic) bond motifs is 1. The van der Waals surface area contributed by atoms with Crippen molar-refractivity contribution in [3.63, 3.8) is 0 Å². The molecule has 0 atom stereocenters. The monoisotopic (exact) mass is 247 g/mol. The summed E-state index contributed by atoms with van der Waals surface area (Å²) in [5.74, 6) is 0.588. The van der Waals surface area contributed by atoms with Crippen LogP contribution < -0.4 is 0 Å². The molecule has 0 radical (unpaired) electrons. The van der Waals surface area contributed by atoms with E-state index in [1.807, 2.05) is 0 Å². The first-order chi connectivity index (χ1) is 8.66. The van der Waals surface area contributed by atoms with E-state index in [9.17, 15) is 14.9 Å². The predicted octanol–water partition coefficient (Wildman–Crippen LogP) is 2.97. The Morgan fingerprint density at radius 2 is 2.11 bits per heavy atom. The summed E-state index contributed by atoms with van der Waals surface area (Å²) in [4.78, 5) is 21.8. The minimum Gasteiger partial charge on any atom is -0.468 e. The third-order valence-electron chi connectivity index (χ3n) is 2.99. The first kappa shape index (κ1) is 10.8. The summed E-state index contributed by atoms with van der Waals surface area (Å²) in [5.41, 5.74) is 1.01. The molecule has 0 amide bonds. The number of nitrogens with zero attached hydrogens (tertiary/aromatic N) is 1. The van der Waals surface area contributed by atoms with E-state index in [0.717, 1.165) is 6.42 Å². The maximum Gasteiger partial charge on any atom is 0.433 e. The molecule has 3 rings (SSSR count). The Labute approximate surface area is 101 Å². The minimum atomic E-state index is -0.613. The molecule has 0 fully saturated rings. The molecule has 1 aliphatic carbocycles. The third-order valence-corrected chi connectivity index (χ3v) is 2.99. The van der Waals surface area contributed by atoms with Crippen LogP contribution >= 0.6 is 0 Å². The maximum absolute atomic E-state index is 11.8. The normalized spacial score (nSPS) is 14.6. The molecule has 6 heteroatoms. The van der Waals surface area contributed by atoms with Crippen LogP contribution in [0.5, 0.6) is 0 Å². The van der Waals surface area contributed by atoms with Crippen LogP contribution in [0.4, 0.5) is 5.88 Å². The number of rotatable bonds is 2. The Balaban J connectivity index is 2.09. The van der Waals surface area contributed by atoms with Crippen LogP contribution in [0.3, 0.4) is 0 Å². The lowest BCUT2D eigenvalue weighted by atomic mass is 9.93. The molecule has 0 saturated carbocycles. The quantitative estimate of drug-likeness (QED) is 0.601. The number of Topliss-reactive ketones (excluding diaryl/α,β-unsaturated/α-hetero) is 1. The molecule has 0 spiro atoms. The van der Waals surface area contributed by atoms with Crippen molar-refractivity contribution in [2.24, 2.45) is 0 Å². The Morgan fingerprint density at radius 1 is 1.28 bits per heavy atom. The average molecular weight is 247 g/mol. The van der Waals surface area contributed by atoms with Crippen LogP contribution in [0.1, 0.15) is 29.0 Å². The van der Waals surface area contributed by atoms with Gasteiger partial charge in [0.15, 0.2) is 5.78 Å². The molecule has 1 aliphatic rings. The number of furan rings is 2. The highest BCUT2D eigenvalue weighted by molar-refractivity contribution is 6.03. The van der Waals surface area contributed by atoms with Crippen molar-refractivity contribution in [3.05, 3.63) is 39.8 Å². The van der Waals surface area contributed by atoms with Crippen molar-refractivity contribution in [1.29, 1.82) is 0 Å². The minimum absolute atomic E-state index is 0.000877. The third kappa shape index (κ3) is 1.54. The van der Waals surface area contributed by atoms with Crippen molar-refractivity contribution in [2.75, 3.05) is 0 Å². The molecule has 0 aliphatic heterocycles. The standard InChI is InChI=1S/C12H9NO5/c14-8-2-1-3-10-12(8)7(6-17-10)9-4-5-11(18-9)13(15)16/h4-6H,1-3H2. The molecule has 0 saturated heterocycles. The highest BCUT2D eigenvalue weighted by Crippen LogP contribution is 2.35. The SMILES string of the molecule is O=C1CCCc2occ(-c3ccc([N+](=O)[O-])o3)c21. The number of carbonyl (C=O) groups is 1. The van der Waals surface area contributed by atoms with Crippen molar-refractivity contribution >= 4 is 11.7 Å². The number of hydrogen-bond donors (Lipinski definition) is 0. The molecule has 2 heterocycles. The molecule has 18 heavy (non-hydrogen) atoms. The van der Waals surface area contributed by atoms with Gasteiger partial charge in [-0.2, -0.15) is 0 Å². The van der Waals surface area contributed by atoms with Gasteiger partial charge in [0.1, 0.15) is 22.7 Å². The van der Waals surface area contributed by atoms with Crippen molar-refractivity contribution < 1.29 is 18.6 Å². The van der Waals surface area contributed by atoms with Crippen LogP contribution in [0, 0.1) is 10.1 Å². The van der Waals surface area contributed by atoms with Gasteiger partial charge in [0.25, 0.3) is 0 Å². The Hall–Kier alpha value is -2.37. The van der Waals surface area contributed by atoms with E-state index < -0.39 is 4.92 Å². The first-order valence-corrected chi connectivity index (χ1v) is 5.55. The number of carbonyl (C=O) groups excluding carboxylic acids is 1. The van der Waals surface area contributed by atoms with E-state index in [-0.39, 0.29) is 11.7 Å². The van der Waals surface area contributed by atoms with Gasteiger partial charge < -0.3 is 8.83 Å². The van der Waals surface area contributed by atoms with Gasteiger partial charge in [-0.15, -0.1) is 0 Å². The zero-order valence-corrected chi connectivity index (χ0v) is 9.34. The van der Waals surface area contributed by atoms with Gasteiger partial charge in [-0.25, -0.2) is 0 Å². The average Bonchev–Trinajstić information content (AvgIpc) is 2.94. The summed E-state index contributed by atoms with van der Waals surface area (Å²) >= 11 is 0. The zero-order chi connectivity index (χ0) is 12.7. The number of aryl methyl sites for hydroxylation is 1. The lowest BCUT2D eigenvalue weighted by Gasteiger charge is -2.08. The smallest absolute Gasteiger partial charge is 0.433 e.